The largest absolute Gasteiger partial charge is 0.428 e. The summed E-state index contributed by atoms with van der Waals surface area (Å²) in [6.07, 6.45) is 1.04. The average molecular weight is 178 g/mol. The molecule has 0 fully saturated rings. The van der Waals surface area contributed by atoms with Crippen molar-refractivity contribution in [2.24, 2.45) is 0 Å². The number of ether oxygens (including phenoxy) is 1. The zero-order valence-electron chi connectivity index (χ0n) is 7.99. The highest BCUT2D eigenvalue weighted by molar-refractivity contribution is 5.48. The van der Waals surface area contributed by atoms with Gasteiger partial charge in [-0.2, -0.15) is 0 Å². The Labute approximate surface area is 78.5 Å². The molecule has 0 amide bonds. The van der Waals surface area contributed by atoms with Crippen LogP contribution in [-0.2, 0) is 4.79 Å². The number of rotatable bonds is 4. The van der Waals surface area contributed by atoms with Gasteiger partial charge in [0, 0.05) is 0 Å². The molecule has 0 saturated heterocycles. The number of benzene rings is 1. The molecule has 0 N–H and O–H groups in total. The third-order valence-electron chi connectivity index (χ3n) is 2.24. The van der Waals surface area contributed by atoms with Gasteiger partial charge in [-0.3, -0.25) is 4.79 Å². The minimum atomic E-state index is 0.427. The summed E-state index contributed by atoms with van der Waals surface area (Å²) >= 11 is 0. The van der Waals surface area contributed by atoms with Crippen LogP contribution in [0.5, 0.6) is 5.75 Å². The van der Waals surface area contributed by atoms with Crippen LogP contribution in [0.4, 0.5) is 0 Å². The zero-order valence-corrected chi connectivity index (χ0v) is 7.99. The minimum Gasteiger partial charge on any atom is -0.428 e. The molecule has 2 heteroatoms. The van der Waals surface area contributed by atoms with Gasteiger partial charge in [0.2, 0.25) is 0 Å². The SMILES string of the molecule is CCC(C)c1ccccc1OC=O. The van der Waals surface area contributed by atoms with Crippen LogP contribution in [0.2, 0.25) is 0 Å². The van der Waals surface area contributed by atoms with E-state index >= 15 is 0 Å². The van der Waals surface area contributed by atoms with Crippen LogP contribution >= 0.6 is 0 Å². The quantitative estimate of drug-likeness (QED) is 0.662. The molecule has 0 radical (unpaired) electrons. The van der Waals surface area contributed by atoms with Crippen LogP contribution in [0.3, 0.4) is 0 Å². The summed E-state index contributed by atoms with van der Waals surface area (Å²) < 4.78 is 4.88. The Hall–Kier alpha value is -1.31. The van der Waals surface area contributed by atoms with Gasteiger partial charge in [0.1, 0.15) is 5.75 Å². The second-order valence-corrected chi connectivity index (χ2v) is 3.06. The second kappa shape index (κ2) is 4.65. The Morgan fingerprint density at radius 2 is 2.15 bits per heavy atom. The molecule has 1 rings (SSSR count). The zero-order chi connectivity index (χ0) is 9.68. The molecule has 2 nitrogen and oxygen atoms in total. The normalized spacial score (nSPS) is 12.2. The number of hydrogen-bond donors (Lipinski definition) is 0. The number of para-hydroxylation sites is 1. The molecule has 0 heterocycles. The highest BCUT2D eigenvalue weighted by atomic mass is 16.5. The average Bonchev–Trinajstić information content (AvgIpc) is 2.18. The Kier molecular flexibility index (Phi) is 3.50. The first kappa shape index (κ1) is 9.78. The summed E-state index contributed by atoms with van der Waals surface area (Å²) in [4.78, 5) is 10.2. The van der Waals surface area contributed by atoms with Gasteiger partial charge in [-0.25, -0.2) is 0 Å². The molecule has 0 saturated carbocycles. The van der Waals surface area contributed by atoms with Crippen molar-refractivity contribution in [1.29, 1.82) is 0 Å². The van der Waals surface area contributed by atoms with E-state index < -0.39 is 0 Å². The topological polar surface area (TPSA) is 26.3 Å². The van der Waals surface area contributed by atoms with E-state index in [0.29, 0.717) is 18.1 Å². The first-order valence-electron chi connectivity index (χ1n) is 4.48. The van der Waals surface area contributed by atoms with E-state index in [1.54, 1.807) is 0 Å². The van der Waals surface area contributed by atoms with Crippen molar-refractivity contribution in [1.82, 2.24) is 0 Å². The highest BCUT2D eigenvalue weighted by Gasteiger charge is 2.08. The summed E-state index contributed by atoms with van der Waals surface area (Å²) in [7, 11) is 0. The Morgan fingerprint density at radius 3 is 2.77 bits per heavy atom. The first-order chi connectivity index (χ1) is 6.29. The highest BCUT2D eigenvalue weighted by Crippen LogP contribution is 2.27. The Bertz CT molecular complexity index is 281. The fourth-order valence-corrected chi connectivity index (χ4v) is 1.27. The lowest BCUT2D eigenvalue weighted by molar-refractivity contribution is -0.120. The third kappa shape index (κ3) is 2.31. The number of carbonyl (C=O) groups is 1. The smallest absolute Gasteiger partial charge is 0.298 e. The van der Waals surface area contributed by atoms with Crippen LogP contribution in [0.1, 0.15) is 31.7 Å². The molecular formula is C11H14O2. The molecule has 1 atom stereocenters. The van der Waals surface area contributed by atoms with Crippen molar-refractivity contribution in [2.45, 2.75) is 26.2 Å². The Morgan fingerprint density at radius 1 is 1.46 bits per heavy atom. The molecule has 1 unspecified atom stereocenters. The van der Waals surface area contributed by atoms with Crippen molar-refractivity contribution >= 4 is 6.47 Å². The molecule has 0 aliphatic heterocycles. The van der Waals surface area contributed by atoms with Gasteiger partial charge >= 0.3 is 0 Å². The lowest BCUT2D eigenvalue weighted by Gasteiger charge is -2.12. The maximum absolute atomic E-state index is 10.2. The van der Waals surface area contributed by atoms with Gasteiger partial charge in [0.15, 0.2) is 0 Å². The van der Waals surface area contributed by atoms with Gasteiger partial charge in [0.05, 0.1) is 0 Å². The molecule has 0 aliphatic carbocycles. The minimum absolute atomic E-state index is 0.427. The van der Waals surface area contributed by atoms with E-state index in [0.717, 1.165) is 12.0 Å². The van der Waals surface area contributed by atoms with Crippen molar-refractivity contribution in [2.75, 3.05) is 0 Å². The predicted molar refractivity (Wildman–Crippen MR) is 51.8 cm³/mol. The lowest BCUT2D eigenvalue weighted by atomic mass is 9.98. The van der Waals surface area contributed by atoms with Crippen LogP contribution in [0.25, 0.3) is 0 Å². The second-order valence-electron chi connectivity index (χ2n) is 3.06. The van der Waals surface area contributed by atoms with E-state index in [1.807, 2.05) is 24.3 Å². The van der Waals surface area contributed by atoms with Gasteiger partial charge < -0.3 is 4.74 Å². The lowest BCUT2D eigenvalue weighted by Crippen LogP contribution is -1.97. The summed E-state index contributed by atoms with van der Waals surface area (Å²) in [6, 6.07) is 7.63. The van der Waals surface area contributed by atoms with Gasteiger partial charge in [-0.15, -0.1) is 0 Å². The van der Waals surface area contributed by atoms with Gasteiger partial charge in [0.25, 0.3) is 6.47 Å². The number of hydrogen-bond acceptors (Lipinski definition) is 2. The van der Waals surface area contributed by atoms with E-state index in [4.69, 9.17) is 4.74 Å². The molecule has 0 aliphatic rings. The first-order valence-corrected chi connectivity index (χ1v) is 4.48. The van der Waals surface area contributed by atoms with Crippen LogP contribution in [0.15, 0.2) is 24.3 Å². The third-order valence-corrected chi connectivity index (χ3v) is 2.24. The maximum atomic E-state index is 10.2. The standard InChI is InChI=1S/C11H14O2/c1-3-9(2)10-6-4-5-7-11(10)13-8-12/h4-9H,3H2,1-2H3. The molecule has 0 spiro atoms. The molecule has 13 heavy (non-hydrogen) atoms. The fourth-order valence-electron chi connectivity index (χ4n) is 1.27. The van der Waals surface area contributed by atoms with Crippen molar-refractivity contribution < 1.29 is 9.53 Å². The van der Waals surface area contributed by atoms with Crippen molar-refractivity contribution in [3.8, 4) is 5.75 Å². The molecular weight excluding hydrogens is 164 g/mol. The van der Waals surface area contributed by atoms with E-state index in [2.05, 4.69) is 13.8 Å². The summed E-state index contributed by atoms with van der Waals surface area (Å²) in [6.45, 7) is 4.70. The van der Waals surface area contributed by atoms with Gasteiger partial charge in [-0.05, 0) is 24.0 Å². The van der Waals surface area contributed by atoms with Crippen LogP contribution in [-0.4, -0.2) is 6.47 Å². The van der Waals surface area contributed by atoms with Gasteiger partial charge in [-0.1, -0.05) is 32.0 Å². The van der Waals surface area contributed by atoms with Crippen LogP contribution < -0.4 is 4.74 Å². The molecule has 70 valence electrons. The van der Waals surface area contributed by atoms with E-state index in [9.17, 15) is 4.79 Å². The molecule has 0 aromatic heterocycles. The monoisotopic (exact) mass is 178 g/mol. The van der Waals surface area contributed by atoms with Crippen LogP contribution in [0, 0.1) is 0 Å². The Balaban J connectivity index is 2.96. The van der Waals surface area contributed by atoms with E-state index in [-0.39, 0.29) is 0 Å². The van der Waals surface area contributed by atoms with Crippen molar-refractivity contribution in [3.05, 3.63) is 29.8 Å². The summed E-state index contributed by atoms with van der Waals surface area (Å²) in [5.74, 6) is 1.10. The number of carbonyl (C=O) groups excluding carboxylic acids is 1. The van der Waals surface area contributed by atoms with Crippen molar-refractivity contribution in [3.63, 3.8) is 0 Å². The fraction of sp³-hybridized carbons (Fsp3) is 0.364. The molecule has 0 bridgehead atoms. The maximum Gasteiger partial charge on any atom is 0.298 e. The predicted octanol–water partition coefficient (Wildman–Crippen LogP) is 2.74. The molecule has 1 aromatic rings. The molecule has 1 aromatic carbocycles. The van der Waals surface area contributed by atoms with E-state index in [1.165, 1.54) is 0 Å². The summed E-state index contributed by atoms with van der Waals surface area (Å²) in [5.41, 5.74) is 1.09. The summed E-state index contributed by atoms with van der Waals surface area (Å²) in [5, 5.41) is 0.